The summed E-state index contributed by atoms with van der Waals surface area (Å²) in [5.74, 6) is -1.38. The largest absolute Gasteiger partial charge is 0.423 e. The Morgan fingerprint density at radius 1 is 1.25 bits per heavy atom. The number of ether oxygens (including phenoxy) is 1. The van der Waals surface area contributed by atoms with Crippen LogP contribution in [0.4, 0.5) is 4.39 Å². The Morgan fingerprint density at radius 2 is 2.04 bits per heavy atom. The summed E-state index contributed by atoms with van der Waals surface area (Å²) in [5, 5.41) is 0.341. The number of H-pyrrole nitrogens is 1. The lowest BCUT2D eigenvalue weighted by molar-refractivity contribution is -0.133. The van der Waals surface area contributed by atoms with Gasteiger partial charge in [0.05, 0.1) is 5.52 Å². The number of hydrogen-bond acceptors (Lipinski definition) is 4. The van der Waals surface area contributed by atoms with Gasteiger partial charge in [-0.2, -0.15) is 0 Å². The summed E-state index contributed by atoms with van der Waals surface area (Å²) in [4.78, 5) is 31.4. The molecule has 0 aliphatic carbocycles. The number of hydrogen-bond donors (Lipinski definition) is 1. The molecule has 0 radical (unpaired) electrons. The highest BCUT2D eigenvalue weighted by Crippen LogP contribution is 2.32. The van der Waals surface area contributed by atoms with E-state index in [0.717, 1.165) is 5.56 Å². The number of ketones is 1. The third kappa shape index (κ3) is 2.90. The minimum absolute atomic E-state index is 0.0321. The van der Waals surface area contributed by atoms with Crippen LogP contribution in [0.2, 0.25) is 0 Å². The van der Waals surface area contributed by atoms with Gasteiger partial charge in [0, 0.05) is 18.0 Å². The van der Waals surface area contributed by atoms with E-state index >= 15 is 0 Å². The number of nitrogens with zero attached hydrogens (tertiary/aromatic N) is 1. The van der Waals surface area contributed by atoms with Crippen LogP contribution in [0.1, 0.15) is 35.1 Å². The van der Waals surface area contributed by atoms with Gasteiger partial charge in [-0.05, 0) is 42.8 Å². The number of benzene rings is 1. The molecule has 24 heavy (non-hydrogen) atoms. The Bertz CT molecular complexity index is 947. The van der Waals surface area contributed by atoms with Crippen LogP contribution in [-0.4, -0.2) is 21.7 Å². The lowest BCUT2D eigenvalue weighted by Crippen LogP contribution is -2.11. The summed E-state index contributed by atoms with van der Waals surface area (Å²) in [6.45, 7) is 3.48. The normalized spacial score (nSPS) is 10.8. The van der Waals surface area contributed by atoms with Crippen molar-refractivity contribution in [1.82, 2.24) is 9.97 Å². The van der Waals surface area contributed by atoms with Crippen LogP contribution in [-0.2, 0) is 4.79 Å². The SMILES string of the molecule is CCC(=O)Oc1c(C(=O)c2cc(C)ccn2)[nH]c2ccc(F)cc12. The first kappa shape index (κ1) is 15.9. The zero-order chi connectivity index (χ0) is 17.3. The predicted octanol–water partition coefficient (Wildman–Crippen LogP) is 3.56. The molecule has 0 atom stereocenters. The number of nitrogens with one attached hydrogen (secondary N) is 1. The standard InChI is InChI=1S/C18H15FN2O3/c1-3-15(22)24-18-12-9-11(19)4-5-13(12)21-16(18)17(23)14-8-10(2)6-7-20-14/h4-9,21H,3H2,1-2H3. The fourth-order valence-corrected chi connectivity index (χ4v) is 2.38. The molecule has 0 amide bonds. The van der Waals surface area contributed by atoms with Crippen molar-refractivity contribution in [2.45, 2.75) is 20.3 Å². The second-order valence-electron chi connectivity index (χ2n) is 5.39. The Kier molecular flexibility index (Phi) is 4.12. The zero-order valence-electron chi connectivity index (χ0n) is 13.2. The molecule has 6 heteroatoms. The second kappa shape index (κ2) is 6.23. The minimum Gasteiger partial charge on any atom is -0.423 e. The van der Waals surface area contributed by atoms with Crippen molar-refractivity contribution in [2.24, 2.45) is 0 Å². The van der Waals surface area contributed by atoms with Crippen molar-refractivity contribution >= 4 is 22.7 Å². The van der Waals surface area contributed by atoms with Crippen LogP contribution >= 0.6 is 0 Å². The monoisotopic (exact) mass is 326 g/mol. The lowest BCUT2D eigenvalue weighted by Gasteiger charge is -2.05. The summed E-state index contributed by atoms with van der Waals surface area (Å²) in [7, 11) is 0. The Labute approximate surface area is 137 Å². The van der Waals surface area contributed by atoms with Crippen LogP contribution in [0, 0.1) is 12.7 Å². The third-order valence-corrected chi connectivity index (χ3v) is 3.59. The summed E-state index contributed by atoms with van der Waals surface area (Å²) >= 11 is 0. The van der Waals surface area contributed by atoms with E-state index in [-0.39, 0.29) is 23.6 Å². The van der Waals surface area contributed by atoms with E-state index in [1.54, 1.807) is 19.1 Å². The molecule has 1 aromatic carbocycles. The number of esters is 1. The first-order valence-corrected chi connectivity index (χ1v) is 7.49. The van der Waals surface area contributed by atoms with Crippen LogP contribution in [0.15, 0.2) is 36.5 Å². The number of pyridine rings is 1. The summed E-state index contributed by atoms with van der Waals surface area (Å²) < 4.78 is 18.9. The van der Waals surface area contributed by atoms with Gasteiger partial charge in [-0.3, -0.25) is 14.6 Å². The van der Waals surface area contributed by atoms with E-state index in [1.807, 2.05) is 6.92 Å². The van der Waals surface area contributed by atoms with Gasteiger partial charge in [-0.25, -0.2) is 4.39 Å². The molecule has 2 heterocycles. The Balaban J connectivity index is 2.17. The highest BCUT2D eigenvalue weighted by molar-refractivity contribution is 6.12. The fraction of sp³-hybridized carbons (Fsp3) is 0.167. The van der Waals surface area contributed by atoms with E-state index < -0.39 is 17.6 Å². The van der Waals surface area contributed by atoms with E-state index in [4.69, 9.17) is 4.74 Å². The Hall–Kier alpha value is -3.02. The highest BCUT2D eigenvalue weighted by Gasteiger charge is 2.23. The van der Waals surface area contributed by atoms with Crippen LogP contribution < -0.4 is 4.74 Å². The number of aromatic nitrogens is 2. The maximum Gasteiger partial charge on any atom is 0.310 e. The van der Waals surface area contributed by atoms with Crippen molar-refractivity contribution in [3.05, 3.63) is 59.3 Å². The zero-order valence-corrected chi connectivity index (χ0v) is 13.2. The molecule has 1 N–H and O–H groups in total. The van der Waals surface area contributed by atoms with Crippen molar-refractivity contribution in [3.8, 4) is 5.75 Å². The maximum absolute atomic E-state index is 13.6. The molecule has 0 bridgehead atoms. The Morgan fingerprint density at radius 3 is 2.75 bits per heavy atom. The van der Waals surface area contributed by atoms with Crippen LogP contribution in [0.3, 0.4) is 0 Å². The lowest BCUT2D eigenvalue weighted by atomic mass is 10.1. The van der Waals surface area contributed by atoms with Crippen LogP contribution in [0.25, 0.3) is 10.9 Å². The molecule has 0 aliphatic rings. The van der Waals surface area contributed by atoms with Gasteiger partial charge < -0.3 is 9.72 Å². The van der Waals surface area contributed by atoms with E-state index in [9.17, 15) is 14.0 Å². The minimum atomic E-state index is -0.508. The van der Waals surface area contributed by atoms with Crippen molar-refractivity contribution in [3.63, 3.8) is 0 Å². The number of aryl methyl sites for hydroxylation is 1. The topological polar surface area (TPSA) is 72.1 Å². The number of carbonyl (C=O) groups excluding carboxylic acids is 2. The average molecular weight is 326 g/mol. The molecule has 122 valence electrons. The number of halogens is 1. The number of fused-ring (bicyclic) bond motifs is 1. The first-order valence-electron chi connectivity index (χ1n) is 7.49. The molecule has 3 aromatic rings. The molecule has 0 saturated carbocycles. The third-order valence-electron chi connectivity index (χ3n) is 3.59. The fourth-order valence-electron chi connectivity index (χ4n) is 2.38. The van der Waals surface area contributed by atoms with E-state index in [2.05, 4.69) is 9.97 Å². The van der Waals surface area contributed by atoms with Crippen LogP contribution in [0.5, 0.6) is 5.75 Å². The highest BCUT2D eigenvalue weighted by atomic mass is 19.1. The maximum atomic E-state index is 13.6. The van der Waals surface area contributed by atoms with Gasteiger partial charge in [0.15, 0.2) is 5.75 Å². The van der Waals surface area contributed by atoms with E-state index in [0.29, 0.717) is 10.9 Å². The molecule has 0 spiro atoms. The molecule has 0 aliphatic heterocycles. The smallest absolute Gasteiger partial charge is 0.310 e. The van der Waals surface area contributed by atoms with Crippen molar-refractivity contribution < 1.29 is 18.7 Å². The van der Waals surface area contributed by atoms with Gasteiger partial charge in [-0.1, -0.05) is 6.92 Å². The number of rotatable bonds is 4. The molecule has 0 saturated heterocycles. The average Bonchev–Trinajstić information content (AvgIpc) is 2.92. The first-order chi connectivity index (χ1) is 11.5. The molecular formula is C18H15FN2O3. The molecule has 3 rings (SSSR count). The van der Waals surface area contributed by atoms with Gasteiger partial charge in [-0.15, -0.1) is 0 Å². The quantitative estimate of drug-likeness (QED) is 0.588. The molecule has 0 unspecified atom stereocenters. The second-order valence-corrected chi connectivity index (χ2v) is 5.39. The summed E-state index contributed by atoms with van der Waals surface area (Å²) in [6.07, 6.45) is 1.67. The summed E-state index contributed by atoms with van der Waals surface area (Å²) in [6, 6.07) is 7.40. The van der Waals surface area contributed by atoms with E-state index in [1.165, 1.54) is 24.4 Å². The van der Waals surface area contributed by atoms with Gasteiger partial charge in [0.1, 0.15) is 17.2 Å². The van der Waals surface area contributed by atoms with Gasteiger partial charge in [0.2, 0.25) is 5.78 Å². The summed E-state index contributed by atoms with van der Waals surface area (Å²) in [5.41, 5.74) is 1.68. The van der Waals surface area contributed by atoms with Crippen molar-refractivity contribution in [2.75, 3.05) is 0 Å². The van der Waals surface area contributed by atoms with Crippen molar-refractivity contribution in [1.29, 1.82) is 0 Å². The van der Waals surface area contributed by atoms with Gasteiger partial charge >= 0.3 is 5.97 Å². The molecule has 2 aromatic heterocycles. The number of carbonyl (C=O) groups is 2. The molecular weight excluding hydrogens is 311 g/mol. The molecule has 5 nitrogen and oxygen atoms in total. The van der Waals surface area contributed by atoms with Gasteiger partial charge in [0.25, 0.3) is 0 Å². The number of aromatic amines is 1. The molecule has 0 fully saturated rings. The predicted molar refractivity (Wildman–Crippen MR) is 86.6 cm³/mol.